The normalized spacial score (nSPS) is 26.2. The fraction of sp³-hybridized carbons (Fsp3) is 0.667. The Morgan fingerprint density at radius 2 is 1.76 bits per heavy atom. The number of carbonyl (C=O) groups is 1. The van der Waals surface area contributed by atoms with Gasteiger partial charge in [-0.1, -0.05) is 24.4 Å². The van der Waals surface area contributed by atoms with Crippen molar-refractivity contribution in [2.45, 2.75) is 62.3 Å². The third kappa shape index (κ3) is 4.63. The summed E-state index contributed by atoms with van der Waals surface area (Å²) in [7, 11) is -3.54. The van der Waals surface area contributed by atoms with E-state index >= 15 is 0 Å². The standard InChI is InChI=1S/C21H30ClN3O3S/c22-18-10-9-17(29(27,28)25-12-3-4-13-25)14-19(18)23-21(26)15-24-11-5-7-16-6-1-2-8-20(16)24/h9-10,14,16,20H,1-8,11-13,15H2,(H,23,26)/t16-,20-/m0/s1. The summed E-state index contributed by atoms with van der Waals surface area (Å²) >= 11 is 6.27. The van der Waals surface area contributed by atoms with Crippen molar-refractivity contribution in [1.29, 1.82) is 0 Å². The molecule has 1 N–H and O–H groups in total. The zero-order valence-corrected chi connectivity index (χ0v) is 18.3. The minimum atomic E-state index is -3.54. The van der Waals surface area contributed by atoms with Crippen LogP contribution < -0.4 is 5.32 Å². The predicted octanol–water partition coefficient (Wildman–Crippen LogP) is 3.72. The Labute approximate surface area is 178 Å². The minimum absolute atomic E-state index is 0.131. The summed E-state index contributed by atoms with van der Waals surface area (Å²) in [6.07, 6.45) is 9.15. The number of hydrogen-bond acceptors (Lipinski definition) is 4. The first-order chi connectivity index (χ1) is 13.9. The first-order valence-electron chi connectivity index (χ1n) is 10.8. The fourth-order valence-corrected chi connectivity index (χ4v) is 6.85. The van der Waals surface area contributed by atoms with Crippen LogP contribution in [0.2, 0.25) is 5.02 Å². The quantitative estimate of drug-likeness (QED) is 0.759. The molecule has 1 saturated carbocycles. The number of sulfonamides is 1. The van der Waals surface area contributed by atoms with E-state index in [0.717, 1.165) is 25.8 Å². The maximum absolute atomic E-state index is 12.8. The molecule has 1 amide bonds. The van der Waals surface area contributed by atoms with Gasteiger partial charge in [0, 0.05) is 19.1 Å². The number of halogens is 1. The van der Waals surface area contributed by atoms with Crippen LogP contribution >= 0.6 is 11.6 Å². The number of likely N-dealkylation sites (tertiary alicyclic amines) is 1. The summed E-state index contributed by atoms with van der Waals surface area (Å²) in [5.41, 5.74) is 0.370. The number of anilines is 1. The smallest absolute Gasteiger partial charge is 0.243 e. The molecular formula is C21H30ClN3O3S. The number of amides is 1. The number of fused-ring (bicyclic) bond motifs is 1. The molecule has 6 nitrogen and oxygen atoms in total. The van der Waals surface area contributed by atoms with Crippen molar-refractivity contribution < 1.29 is 13.2 Å². The average Bonchev–Trinajstić information content (AvgIpc) is 3.26. The molecule has 2 atom stereocenters. The predicted molar refractivity (Wildman–Crippen MR) is 115 cm³/mol. The highest BCUT2D eigenvalue weighted by atomic mass is 35.5. The Bertz CT molecular complexity index is 853. The van der Waals surface area contributed by atoms with Crippen LogP contribution in [0, 0.1) is 5.92 Å². The second-order valence-electron chi connectivity index (χ2n) is 8.53. The molecule has 1 aliphatic carbocycles. The SMILES string of the molecule is O=C(CN1CCC[C@@H]2CCCC[C@@H]21)Nc1cc(S(=O)(=O)N2CCCC2)ccc1Cl. The van der Waals surface area contributed by atoms with Crippen LogP contribution in [-0.2, 0) is 14.8 Å². The van der Waals surface area contributed by atoms with Crippen molar-refractivity contribution in [3.8, 4) is 0 Å². The molecule has 0 bridgehead atoms. The Hall–Kier alpha value is -1.15. The largest absolute Gasteiger partial charge is 0.324 e. The van der Waals surface area contributed by atoms with Crippen molar-refractivity contribution in [1.82, 2.24) is 9.21 Å². The molecule has 0 radical (unpaired) electrons. The van der Waals surface area contributed by atoms with Crippen molar-refractivity contribution in [2.24, 2.45) is 5.92 Å². The summed E-state index contributed by atoms with van der Waals surface area (Å²) < 4.78 is 27.1. The van der Waals surface area contributed by atoms with E-state index in [2.05, 4.69) is 10.2 Å². The Morgan fingerprint density at radius 1 is 1.03 bits per heavy atom. The molecular weight excluding hydrogens is 410 g/mol. The first kappa shape index (κ1) is 21.1. The highest BCUT2D eigenvalue weighted by Crippen LogP contribution is 2.35. The highest BCUT2D eigenvalue weighted by Gasteiger charge is 2.34. The third-order valence-corrected chi connectivity index (χ3v) is 8.84. The topological polar surface area (TPSA) is 69.7 Å². The van der Waals surface area contributed by atoms with Gasteiger partial charge in [0.2, 0.25) is 15.9 Å². The summed E-state index contributed by atoms with van der Waals surface area (Å²) in [5, 5.41) is 3.22. The summed E-state index contributed by atoms with van der Waals surface area (Å²) in [6.45, 7) is 2.38. The van der Waals surface area contributed by atoms with Crippen LogP contribution in [-0.4, -0.2) is 55.8 Å². The van der Waals surface area contributed by atoms with Crippen molar-refractivity contribution >= 4 is 33.2 Å². The van der Waals surface area contributed by atoms with Gasteiger partial charge in [0.15, 0.2) is 0 Å². The van der Waals surface area contributed by atoms with Gasteiger partial charge in [-0.15, -0.1) is 0 Å². The van der Waals surface area contributed by atoms with Gasteiger partial charge in [0.1, 0.15) is 0 Å². The van der Waals surface area contributed by atoms with Gasteiger partial charge in [-0.05, 0) is 69.2 Å². The molecule has 0 unspecified atom stereocenters. The van der Waals surface area contributed by atoms with Crippen LogP contribution in [0.5, 0.6) is 0 Å². The summed E-state index contributed by atoms with van der Waals surface area (Å²) in [6, 6.07) is 5.06. The Kier molecular flexibility index (Phi) is 6.49. The first-order valence-corrected chi connectivity index (χ1v) is 12.6. The number of carbonyl (C=O) groups excluding carboxylic acids is 1. The van der Waals surface area contributed by atoms with Gasteiger partial charge >= 0.3 is 0 Å². The maximum atomic E-state index is 12.8. The average molecular weight is 440 g/mol. The van der Waals surface area contributed by atoms with Crippen LogP contribution in [0.25, 0.3) is 0 Å². The van der Waals surface area contributed by atoms with Gasteiger partial charge in [-0.25, -0.2) is 8.42 Å². The number of benzene rings is 1. The molecule has 0 aromatic heterocycles. The maximum Gasteiger partial charge on any atom is 0.243 e. The fourth-order valence-electron chi connectivity index (χ4n) is 5.14. The lowest BCUT2D eigenvalue weighted by molar-refractivity contribution is -0.118. The molecule has 0 spiro atoms. The zero-order chi connectivity index (χ0) is 20.4. The van der Waals surface area contributed by atoms with E-state index in [-0.39, 0.29) is 10.8 Å². The molecule has 1 aromatic rings. The van der Waals surface area contributed by atoms with Crippen molar-refractivity contribution in [3.05, 3.63) is 23.2 Å². The van der Waals surface area contributed by atoms with Gasteiger partial charge in [-0.3, -0.25) is 9.69 Å². The zero-order valence-electron chi connectivity index (χ0n) is 16.8. The lowest BCUT2D eigenvalue weighted by Gasteiger charge is -2.43. The van der Waals surface area contributed by atoms with E-state index in [9.17, 15) is 13.2 Å². The number of nitrogens with one attached hydrogen (secondary N) is 1. The number of hydrogen-bond donors (Lipinski definition) is 1. The summed E-state index contributed by atoms with van der Waals surface area (Å²) in [4.78, 5) is 15.2. The Balaban J connectivity index is 1.45. The van der Waals surface area contributed by atoms with Gasteiger partial charge in [0.05, 0.1) is 22.2 Å². The molecule has 2 saturated heterocycles. The van der Waals surface area contributed by atoms with Crippen LogP contribution in [0.4, 0.5) is 5.69 Å². The van der Waals surface area contributed by atoms with Crippen LogP contribution in [0.15, 0.2) is 23.1 Å². The van der Waals surface area contributed by atoms with Crippen molar-refractivity contribution in [2.75, 3.05) is 31.5 Å². The lowest BCUT2D eigenvalue weighted by Crippen LogP contribution is -2.49. The van der Waals surface area contributed by atoms with E-state index in [1.807, 2.05) is 0 Å². The summed E-state index contributed by atoms with van der Waals surface area (Å²) in [5.74, 6) is 0.580. The molecule has 2 heterocycles. The van der Waals surface area contributed by atoms with E-state index in [4.69, 9.17) is 11.6 Å². The molecule has 8 heteroatoms. The molecule has 3 fully saturated rings. The third-order valence-electron chi connectivity index (χ3n) is 6.62. The highest BCUT2D eigenvalue weighted by molar-refractivity contribution is 7.89. The lowest BCUT2D eigenvalue weighted by atomic mass is 9.78. The van der Waals surface area contributed by atoms with E-state index in [1.165, 1.54) is 48.5 Å². The van der Waals surface area contributed by atoms with Gasteiger partial charge in [0.25, 0.3) is 0 Å². The van der Waals surface area contributed by atoms with Crippen LogP contribution in [0.1, 0.15) is 51.4 Å². The second kappa shape index (κ2) is 8.92. The van der Waals surface area contributed by atoms with Crippen LogP contribution in [0.3, 0.4) is 0 Å². The molecule has 160 valence electrons. The minimum Gasteiger partial charge on any atom is -0.324 e. The number of rotatable bonds is 5. The number of piperidine rings is 1. The second-order valence-corrected chi connectivity index (χ2v) is 10.9. The molecule has 4 rings (SSSR count). The molecule has 2 aliphatic heterocycles. The van der Waals surface area contributed by atoms with Gasteiger partial charge in [-0.2, -0.15) is 4.31 Å². The number of nitrogens with zero attached hydrogens (tertiary/aromatic N) is 2. The van der Waals surface area contributed by atoms with E-state index in [1.54, 1.807) is 6.07 Å². The van der Waals surface area contributed by atoms with E-state index in [0.29, 0.717) is 42.3 Å². The monoisotopic (exact) mass is 439 g/mol. The molecule has 1 aromatic carbocycles. The Morgan fingerprint density at radius 3 is 2.55 bits per heavy atom. The van der Waals surface area contributed by atoms with Gasteiger partial charge < -0.3 is 5.32 Å². The molecule has 29 heavy (non-hydrogen) atoms. The van der Waals surface area contributed by atoms with Crippen molar-refractivity contribution in [3.63, 3.8) is 0 Å². The van der Waals surface area contributed by atoms with E-state index < -0.39 is 10.0 Å². The molecule has 3 aliphatic rings.